The summed E-state index contributed by atoms with van der Waals surface area (Å²) >= 11 is 2.35. The van der Waals surface area contributed by atoms with Gasteiger partial charge >= 0.3 is 5.91 Å². The molecule has 49 heavy (non-hydrogen) atoms. The predicted molar refractivity (Wildman–Crippen MR) is 187 cm³/mol. The van der Waals surface area contributed by atoms with Crippen LogP contribution in [0.5, 0.6) is 17.2 Å². The van der Waals surface area contributed by atoms with Gasteiger partial charge in [-0.3, -0.25) is 14.5 Å². The van der Waals surface area contributed by atoms with Gasteiger partial charge in [0, 0.05) is 11.3 Å². The molecule has 0 aliphatic carbocycles. The Balaban J connectivity index is 1.35. The van der Waals surface area contributed by atoms with Crippen molar-refractivity contribution in [1.29, 1.82) is 0 Å². The number of amides is 1. The molecule has 1 N–H and O–H groups in total. The second-order valence-electron chi connectivity index (χ2n) is 11.0. The number of aliphatic hydroxyl groups is 1. The summed E-state index contributed by atoms with van der Waals surface area (Å²) < 4.78 is 31.9. The Morgan fingerprint density at radius 2 is 1.76 bits per heavy atom. The van der Waals surface area contributed by atoms with Crippen LogP contribution in [-0.4, -0.2) is 40.7 Å². The Morgan fingerprint density at radius 1 is 0.959 bits per heavy atom. The summed E-state index contributed by atoms with van der Waals surface area (Å²) in [4.78, 5) is 28.7. The number of hydrogen-bond donors (Lipinski definition) is 1. The highest BCUT2D eigenvalue weighted by Crippen LogP contribution is 2.45. The summed E-state index contributed by atoms with van der Waals surface area (Å²) in [5, 5.41) is 20.3. The third kappa shape index (κ3) is 7.30. The fraction of sp³-hybridized carbons (Fsp3) is 0.189. The van der Waals surface area contributed by atoms with Gasteiger partial charge in [-0.1, -0.05) is 77.2 Å². The lowest BCUT2D eigenvalue weighted by molar-refractivity contribution is -0.132. The van der Waals surface area contributed by atoms with E-state index in [1.807, 2.05) is 38.1 Å². The van der Waals surface area contributed by atoms with Crippen LogP contribution in [0, 0.1) is 12.7 Å². The van der Waals surface area contributed by atoms with Crippen LogP contribution in [-0.2, 0) is 21.9 Å². The smallest absolute Gasteiger partial charge is 0.301 e. The standard InChI is InChI=1S/C37H32FN3O6S2/c1-4-46-29-17-14-25(19-30(29)45-3)32-31(33(42)24-12-15-27(16-13-24)47-20-23-9-7-8-22(2)18-23)34(43)35(44)41(32)36-39-40-37(49-36)48-21-26-10-5-6-11-28(26)38/h5-19,32,42H,4,20-21H2,1-3H3/b33-31+. The van der Waals surface area contributed by atoms with Gasteiger partial charge in [-0.2, -0.15) is 0 Å². The quantitative estimate of drug-likeness (QED) is 0.0458. The van der Waals surface area contributed by atoms with Crippen molar-refractivity contribution < 1.29 is 33.3 Å². The second-order valence-corrected chi connectivity index (χ2v) is 13.2. The number of ether oxygens (including phenoxy) is 3. The van der Waals surface area contributed by atoms with Crippen molar-refractivity contribution in [1.82, 2.24) is 10.2 Å². The largest absolute Gasteiger partial charge is 0.507 e. The maximum Gasteiger partial charge on any atom is 0.301 e. The summed E-state index contributed by atoms with van der Waals surface area (Å²) in [6, 6.07) is 25.1. The summed E-state index contributed by atoms with van der Waals surface area (Å²) in [6.07, 6.45) is 0. The number of aliphatic hydroxyl groups excluding tert-OH is 1. The molecule has 2 heterocycles. The summed E-state index contributed by atoms with van der Waals surface area (Å²) in [5.41, 5.74) is 3.32. The highest BCUT2D eigenvalue weighted by atomic mass is 32.2. The molecular weight excluding hydrogens is 666 g/mol. The van der Waals surface area contributed by atoms with E-state index in [2.05, 4.69) is 10.2 Å². The third-order valence-corrected chi connectivity index (χ3v) is 9.88. The van der Waals surface area contributed by atoms with E-state index in [1.54, 1.807) is 60.7 Å². The Hall–Kier alpha value is -5.20. The lowest BCUT2D eigenvalue weighted by Gasteiger charge is -2.23. The van der Waals surface area contributed by atoms with Crippen LogP contribution in [0.4, 0.5) is 9.52 Å². The van der Waals surface area contributed by atoms with Crippen molar-refractivity contribution in [2.24, 2.45) is 0 Å². The van der Waals surface area contributed by atoms with Crippen molar-refractivity contribution in [3.63, 3.8) is 0 Å². The van der Waals surface area contributed by atoms with Crippen molar-refractivity contribution in [2.45, 2.75) is 36.6 Å². The van der Waals surface area contributed by atoms with Gasteiger partial charge in [0.05, 0.1) is 25.3 Å². The van der Waals surface area contributed by atoms with E-state index in [-0.39, 0.29) is 22.3 Å². The summed E-state index contributed by atoms with van der Waals surface area (Å²) in [5.74, 6) is -0.716. The first-order valence-corrected chi connectivity index (χ1v) is 17.2. The molecule has 0 saturated carbocycles. The fourth-order valence-corrected chi connectivity index (χ4v) is 7.27. The number of aromatic nitrogens is 2. The first-order valence-electron chi connectivity index (χ1n) is 15.4. The minimum atomic E-state index is -1.07. The topological polar surface area (TPSA) is 111 Å². The number of ketones is 1. The molecule has 12 heteroatoms. The van der Waals surface area contributed by atoms with Crippen molar-refractivity contribution in [3.8, 4) is 17.2 Å². The number of thioether (sulfide) groups is 1. The zero-order valence-electron chi connectivity index (χ0n) is 26.9. The number of nitrogens with zero attached hydrogens (tertiary/aromatic N) is 3. The molecule has 0 bridgehead atoms. The summed E-state index contributed by atoms with van der Waals surface area (Å²) in [7, 11) is 1.49. The highest BCUT2D eigenvalue weighted by molar-refractivity contribution is 8.00. The van der Waals surface area contributed by atoms with Gasteiger partial charge < -0.3 is 19.3 Å². The molecule has 1 amide bonds. The van der Waals surface area contributed by atoms with Crippen LogP contribution < -0.4 is 19.1 Å². The van der Waals surface area contributed by atoms with Crippen LogP contribution in [0.3, 0.4) is 0 Å². The van der Waals surface area contributed by atoms with Gasteiger partial charge in [-0.25, -0.2) is 4.39 Å². The van der Waals surface area contributed by atoms with Crippen LogP contribution in [0.15, 0.2) is 101 Å². The number of aryl methyl sites for hydroxylation is 1. The van der Waals surface area contributed by atoms with E-state index < -0.39 is 17.7 Å². The van der Waals surface area contributed by atoms with Gasteiger partial charge in [-0.15, -0.1) is 10.2 Å². The second kappa shape index (κ2) is 14.9. The lowest BCUT2D eigenvalue weighted by Crippen LogP contribution is -2.29. The average molecular weight is 698 g/mol. The molecule has 1 aromatic heterocycles. The first kappa shape index (κ1) is 33.7. The molecule has 0 spiro atoms. The molecule has 250 valence electrons. The van der Waals surface area contributed by atoms with E-state index in [0.717, 1.165) is 22.5 Å². The monoisotopic (exact) mass is 697 g/mol. The number of Topliss-reactive ketones (excluding diaryl/α,β-unsaturated/α-hetero) is 1. The Labute approximate surface area is 291 Å². The minimum absolute atomic E-state index is 0.125. The number of carbonyl (C=O) groups excluding carboxylic acids is 2. The number of halogens is 1. The minimum Gasteiger partial charge on any atom is -0.507 e. The fourth-order valence-electron chi connectivity index (χ4n) is 5.42. The average Bonchev–Trinajstić information content (AvgIpc) is 3.68. The van der Waals surface area contributed by atoms with E-state index in [0.29, 0.717) is 57.2 Å². The number of rotatable bonds is 12. The number of hydrogen-bond acceptors (Lipinski definition) is 10. The van der Waals surface area contributed by atoms with Gasteiger partial charge in [0.1, 0.15) is 23.9 Å². The van der Waals surface area contributed by atoms with Crippen molar-refractivity contribution in [2.75, 3.05) is 18.6 Å². The van der Waals surface area contributed by atoms with Crippen molar-refractivity contribution >= 4 is 45.7 Å². The third-order valence-electron chi connectivity index (χ3n) is 7.77. The molecule has 1 saturated heterocycles. The number of anilines is 1. The summed E-state index contributed by atoms with van der Waals surface area (Å²) in [6.45, 7) is 4.62. The Morgan fingerprint density at radius 3 is 2.49 bits per heavy atom. The zero-order valence-corrected chi connectivity index (χ0v) is 28.5. The van der Waals surface area contributed by atoms with Gasteiger partial charge in [0.25, 0.3) is 5.78 Å². The van der Waals surface area contributed by atoms with Crippen LogP contribution in [0.2, 0.25) is 0 Å². The molecule has 1 unspecified atom stereocenters. The van der Waals surface area contributed by atoms with Crippen LogP contribution in [0.1, 0.15) is 40.8 Å². The Bertz CT molecular complexity index is 2030. The number of carbonyl (C=O) groups is 2. The van der Waals surface area contributed by atoms with Gasteiger partial charge in [0.2, 0.25) is 5.13 Å². The van der Waals surface area contributed by atoms with E-state index in [1.165, 1.54) is 29.8 Å². The molecular formula is C37H32FN3O6S2. The van der Waals surface area contributed by atoms with E-state index in [4.69, 9.17) is 14.2 Å². The van der Waals surface area contributed by atoms with E-state index >= 15 is 0 Å². The molecule has 5 aromatic rings. The van der Waals surface area contributed by atoms with Crippen LogP contribution >= 0.6 is 23.1 Å². The molecule has 1 atom stereocenters. The van der Waals surface area contributed by atoms with Gasteiger partial charge in [-0.05, 0) is 73.0 Å². The molecule has 1 fully saturated rings. The molecule has 1 aliphatic rings. The molecule has 4 aromatic carbocycles. The molecule has 0 radical (unpaired) electrons. The molecule has 9 nitrogen and oxygen atoms in total. The molecule has 1 aliphatic heterocycles. The first-order chi connectivity index (χ1) is 23.8. The Kier molecular flexibility index (Phi) is 10.3. The van der Waals surface area contributed by atoms with Crippen molar-refractivity contribution in [3.05, 3.63) is 130 Å². The maximum absolute atomic E-state index is 14.2. The predicted octanol–water partition coefficient (Wildman–Crippen LogP) is 7.89. The molecule has 6 rings (SSSR count). The number of methoxy groups -OCH3 is 1. The lowest BCUT2D eigenvalue weighted by atomic mass is 9.95. The normalized spacial score (nSPS) is 15.4. The SMILES string of the molecule is CCOc1ccc(C2/C(=C(\O)c3ccc(OCc4cccc(C)c4)cc3)C(=O)C(=O)N2c2nnc(SCc3ccccc3F)s2)cc1OC. The van der Waals surface area contributed by atoms with Crippen LogP contribution in [0.25, 0.3) is 5.76 Å². The maximum atomic E-state index is 14.2. The number of benzene rings is 4. The zero-order chi connectivity index (χ0) is 34.5. The highest BCUT2D eigenvalue weighted by Gasteiger charge is 2.48. The van der Waals surface area contributed by atoms with E-state index in [9.17, 15) is 19.1 Å². The van der Waals surface area contributed by atoms with Gasteiger partial charge in [0.15, 0.2) is 15.8 Å².